The first-order chi connectivity index (χ1) is 8.64. The van der Waals surface area contributed by atoms with E-state index < -0.39 is 0 Å². The highest BCUT2D eigenvalue weighted by Crippen LogP contribution is 2.52. The molecule has 1 saturated heterocycles. The van der Waals surface area contributed by atoms with Gasteiger partial charge in [-0.1, -0.05) is 20.8 Å². The molecule has 0 radical (unpaired) electrons. The lowest BCUT2D eigenvalue weighted by atomic mass is 9.57. The molecule has 0 spiro atoms. The monoisotopic (exact) mass is 266 g/mol. The minimum atomic E-state index is 0.256. The van der Waals surface area contributed by atoms with Crippen LogP contribution in [-0.2, 0) is 4.74 Å². The zero-order chi connectivity index (χ0) is 12.8. The maximum atomic E-state index is 5.85. The number of nitrogens with zero attached hydrogens (tertiary/aromatic N) is 1. The van der Waals surface area contributed by atoms with E-state index in [1.807, 2.05) is 6.20 Å². The van der Waals surface area contributed by atoms with Crippen LogP contribution >= 0.6 is 11.3 Å². The fraction of sp³-hybridized carbons (Fsp3) is 0.786. The van der Waals surface area contributed by atoms with Crippen molar-refractivity contribution in [1.82, 2.24) is 10.3 Å². The Balaban J connectivity index is 1.72. The average molecular weight is 266 g/mol. The van der Waals surface area contributed by atoms with Gasteiger partial charge in [0.05, 0.1) is 12.1 Å². The average Bonchev–Trinajstić information content (AvgIpc) is 2.98. The van der Waals surface area contributed by atoms with Crippen LogP contribution in [0, 0.1) is 11.3 Å². The van der Waals surface area contributed by atoms with E-state index in [-0.39, 0.29) is 5.41 Å². The first kappa shape index (κ1) is 12.6. The molecule has 1 saturated carbocycles. The van der Waals surface area contributed by atoms with Crippen LogP contribution in [0.1, 0.15) is 44.7 Å². The topological polar surface area (TPSA) is 34.1 Å². The molecule has 0 bridgehead atoms. The number of hydrogen-bond acceptors (Lipinski definition) is 4. The van der Waals surface area contributed by atoms with Crippen LogP contribution in [0.15, 0.2) is 11.6 Å². The van der Waals surface area contributed by atoms with Gasteiger partial charge in [0.2, 0.25) is 0 Å². The summed E-state index contributed by atoms with van der Waals surface area (Å²) in [5, 5.41) is 7.12. The molecule has 18 heavy (non-hydrogen) atoms. The molecular weight excluding hydrogens is 244 g/mol. The van der Waals surface area contributed by atoms with Gasteiger partial charge < -0.3 is 10.1 Å². The van der Waals surface area contributed by atoms with Crippen LogP contribution in [0.4, 0.5) is 0 Å². The highest BCUT2D eigenvalue weighted by Gasteiger charge is 2.59. The molecule has 1 N–H and O–H groups in total. The molecule has 1 aromatic heterocycles. The smallest absolute Gasteiger partial charge is 0.109 e. The summed E-state index contributed by atoms with van der Waals surface area (Å²) in [5.74, 6) is 0.703. The standard InChI is InChI=1S/C14H22N2OS/c1-4-10(13-15-6-8-18-13)16-11-9-5-7-17-12(9)14(11,2)3/h6,8-12,16H,4-5,7H2,1-3H3. The summed E-state index contributed by atoms with van der Waals surface area (Å²) in [6, 6.07) is 0.967. The number of hydrogen-bond donors (Lipinski definition) is 1. The summed E-state index contributed by atoms with van der Waals surface area (Å²) in [7, 11) is 0. The van der Waals surface area contributed by atoms with Crippen LogP contribution < -0.4 is 5.32 Å². The molecule has 1 aliphatic carbocycles. The Morgan fingerprint density at radius 2 is 2.44 bits per heavy atom. The van der Waals surface area contributed by atoms with E-state index in [1.54, 1.807) is 11.3 Å². The van der Waals surface area contributed by atoms with E-state index in [1.165, 1.54) is 11.4 Å². The summed E-state index contributed by atoms with van der Waals surface area (Å²) in [6.45, 7) is 7.82. The van der Waals surface area contributed by atoms with Crippen molar-refractivity contribution in [3.8, 4) is 0 Å². The zero-order valence-corrected chi connectivity index (χ0v) is 12.2. The van der Waals surface area contributed by atoms with Crippen molar-refractivity contribution in [2.75, 3.05) is 6.61 Å². The van der Waals surface area contributed by atoms with E-state index in [4.69, 9.17) is 4.74 Å². The van der Waals surface area contributed by atoms with Crippen molar-refractivity contribution in [1.29, 1.82) is 0 Å². The van der Waals surface area contributed by atoms with E-state index in [2.05, 4.69) is 36.5 Å². The van der Waals surface area contributed by atoms with Gasteiger partial charge in [-0.2, -0.15) is 0 Å². The first-order valence-electron chi connectivity index (χ1n) is 6.91. The lowest BCUT2D eigenvalue weighted by Crippen LogP contribution is -2.66. The first-order valence-corrected chi connectivity index (χ1v) is 7.79. The van der Waals surface area contributed by atoms with Crippen molar-refractivity contribution >= 4 is 11.3 Å². The summed E-state index contributed by atoms with van der Waals surface area (Å²) in [5.41, 5.74) is 0.256. The highest BCUT2D eigenvalue weighted by atomic mass is 32.1. The molecule has 3 nitrogen and oxygen atoms in total. The maximum absolute atomic E-state index is 5.85. The third kappa shape index (κ3) is 1.82. The van der Waals surface area contributed by atoms with Crippen LogP contribution in [0.2, 0.25) is 0 Å². The van der Waals surface area contributed by atoms with Crippen molar-refractivity contribution in [3.05, 3.63) is 16.6 Å². The summed E-state index contributed by atoms with van der Waals surface area (Å²) in [6.07, 6.45) is 4.67. The van der Waals surface area contributed by atoms with Crippen molar-refractivity contribution in [2.45, 2.75) is 51.8 Å². The lowest BCUT2D eigenvalue weighted by molar-refractivity contribution is -0.115. The van der Waals surface area contributed by atoms with E-state index in [9.17, 15) is 0 Å². The van der Waals surface area contributed by atoms with Gasteiger partial charge in [0.15, 0.2) is 0 Å². The molecule has 4 unspecified atom stereocenters. The Hall–Kier alpha value is -0.450. The fourth-order valence-electron chi connectivity index (χ4n) is 3.65. The van der Waals surface area contributed by atoms with Gasteiger partial charge in [-0.05, 0) is 12.8 Å². The number of rotatable bonds is 4. The number of thiazole rings is 1. The molecular formula is C14H22N2OS. The third-order valence-electron chi connectivity index (χ3n) is 4.64. The second-order valence-electron chi connectivity index (χ2n) is 6.04. The fourth-order valence-corrected chi connectivity index (χ4v) is 4.43. The minimum Gasteiger partial charge on any atom is -0.377 e. The molecule has 2 heterocycles. The molecule has 0 aromatic carbocycles. The molecule has 1 aliphatic heterocycles. The van der Waals surface area contributed by atoms with E-state index >= 15 is 0 Å². The van der Waals surface area contributed by atoms with Crippen LogP contribution in [-0.4, -0.2) is 23.7 Å². The van der Waals surface area contributed by atoms with Crippen molar-refractivity contribution < 1.29 is 4.74 Å². The summed E-state index contributed by atoms with van der Waals surface area (Å²) < 4.78 is 5.85. The second kappa shape index (κ2) is 4.58. The predicted molar refractivity (Wildman–Crippen MR) is 73.7 cm³/mol. The van der Waals surface area contributed by atoms with E-state index in [0.717, 1.165) is 13.0 Å². The highest BCUT2D eigenvalue weighted by molar-refractivity contribution is 7.09. The van der Waals surface area contributed by atoms with Gasteiger partial charge in [-0.3, -0.25) is 0 Å². The predicted octanol–water partition coefficient (Wildman–Crippen LogP) is 3.00. The quantitative estimate of drug-likeness (QED) is 0.909. The lowest BCUT2D eigenvalue weighted by Gasteiger charge is -2.55. The van der Waals surface area contributed by atoms with E-state index in [0.29, 0.717) is 24.1 Å². The maximum Gasteiger partial charge on any atom is 0.109 e. The largest absolute Gasteiger partial charge is 0.377 e. The molecule has 100 valence electrons. The molecule has 4 atom stereocenters. The Kier molecular flexibility index (Phi) is 3.20. The Morgan fingerprint density at radius 1 is 1.61 bits per heavy atom. The number of aromatic nitrogens is 1. The van der Waals surface area contributed by atoms with Crippen molar-refractivity contribution in [3.63, 3.8) is 0 Å². The molecule has 2 fully saturated rings. The SMILES string of the molecule is CCC(NC1C2CCOC2C1(C)C)c1nccs1. The minimum absolute atomic E-state index is 0.256. The molecule has 2 aliphatic rings. The molecule has 4 heteroatoms. The van der Waals surface area contributed by atoms with Crippen LogP contribution in [0.3, 0.4) is 0 Å². The summed E-state index contributed by atoms with van der Waals surface area (Å²) in [4.78, 5) is 4.46. The summed E-state index contributed by atoms with van der Waals surface area (Å²) >= 11 is 1.75. The van der Waals surface area contributed by atoms with Gasteiger partial charge in [0.1, 0.15) is 5.01 Å². The van der Waals surface area contributed by atoms with Crippen LogP contribution in [0.25, 0.3) is 0 Å². The number of nitrogens with one attached hydrogen (secondary N) is 1. The van der Waals surface area contributed by atoms with Gasteiger partial charge in [-0.25, -0.2) is 4.98 Å². The Labute approximate surface area is 113 Å². The molecule has 3 rings (SSSR count). The third-order valence-corrected chi connectivity index (χ3v) is 5.53. The van der Waals surface area contributed by atoms with Crippen molar-refractivity contribution in [2.24, 2.45) is 11.3 Å². The van der Waals surface area contributed by atoms with Crippen LogP contribution in [0.5, 0.6) is 0 Å². The Morgan fingerprint density at radius 3 is 3.11 bits per heavy atom. The molecule has 1 aromatic rings. The van der Waals surface area contributed by atoms with Gasteiger partial charge in [0.25, 0.3) is 0 Å². The zero-order valence-electron chi connectivity index (χ0n) is 11.3. The van der Waals surface area contributed by atoms with Gasteiger partial charge >= 0.3 is 0 Å². The van der Waals surface area contributed by atoms with Gasteiger partial charge in [-0.15, -0.1) is 11.3 Å². The normalized spacial score (nSPS) is 34.9. The molecule has 0 amide bonds. The van der Waals surface area contributed by atoms with Gasteiger partial charge in [0, 0.05) is 35.6 Å². The number of ether oxygens (including phenoxy) is 1. The Bertz CT molecular complexity index is 404. The second-order valence-corrected chi connectivity index (χ2v) is 6.97. The number of fused-ring (bicyclic) bond motifs is 1.